The molecule has 0 saturated carbocycles. The number of hydrogen-bond donors (Lipinski definition) is 1. The van der Waals surface area contributed by atoms with Gasteiger partial charge in [0, 0.05) is 12.7 Å². The van der Waals surface area contributed by atoms with Crippen LogP contribution in [-0.2, 0) is 0 Å². The van der Waals surface area contributed by atoms with Gasteiger partial charge in [0.15, 0.2) is 0 Å². The lowest BCUT2D eigenvalue weighted by Gasteiger charge is -1.90. The van der Waals surface area contributed by atoms with Crippen LogP contribution in [0, 0.1) is 5.95 Å². The van der Waals surface area contributed by atoms with Crippen molar-refractivity contribution in [1.82, 2.24) is 4.98 Å². The molecule has 1 aromatic heterocycles. The molecule has 0 atom stereocenters. The van der Waals surface area contributed by atoms with Crippen molar-refractivity contribution in [3.8, 4) is 0 Å². The first-order chi connectivity index (χ1) is 5.33. The second kappa shape index (κ2) is 3.83. The van der Waals surface area contributed by atoms with Gasteiger partial charge in [0.05, 0.1) is 0 Å². The molecule has 1 rings (SSSR count). The zero-order valence-electron chi connectivity index (χ0n) is 6.00. The van der Waals surface area contributed by atoms with Gasteiger partial charge in [0.1, 0.15) is 0 Å². The van der Waals surface area contributed by atoms with E-state index >= 15 is 0 Å². The smallest absolute Gasteiger partial charge is 0.212 e. The van der Waals surface area contributed by atoms with Crippen LogP contribution in [0.2, 0.25) is 0 Å². The molecule has 0 fully saturated rings. The van der Waals surface area contributed by atoms with Crippen LogP contribution in [0.15, 0.2) is 24.4 Å². The zero-order valence-corrected chi connectivity index (χ0v) is 6.00. The summed E-state index contributed by atoms with van der Waals surface area (Å²) in [6.07, 6.45) is 5.04. The first-order valence-corrected chi connectivity index (χ1v) is 3.31. The minimum Gasteiger partial charge on any atom is -0.327 e. The summed E-state index contributed by atoms with van der Waals surface area (Å²) in [6, 6.07) is 2.96. The molecule has 0 radical (unpaired) electrons. The number of aromatic nitrogens is 1. The normalized spacial score (nSPS) is 10.7. The summed E-state index contributed by atoms with van der Waals surface area (Å²) in [4.78, 5) is 3.47. The Hall–Kier alpha value is -1.22. The molecule has 3 heteroatoms. The first kappa shape index (κ1) is 7.88. The van der Waals surface area contributed by atoms with E-state index in [4.69, 9.17) is 5.73 Å². The van der Waals surface area contributed by atoms with Crippen LogP contribution in [0.1, 0.15) is 5.56 Å². The summed E-state index contributed by atoms with van der Waals surface area (Å²) in [5, 5.41) is 0. The molecular formula is C8H9FN2. The highest BCUT2D eigenvalue weighted by molar-refractivity contribution is 5.47. The molecule has 0 aliphatic rings. The van der Waals surface area contributed by atoms with Gasteiger partial charge in [-0.05, 0) is 17.7 Å². The van der Waals surface area contributed by atoms with E-state index in [0.717, 1.165) is 5.56 Å². The molecule has 0 spiro atoms. The number of rotatable bonds is 2. The molecule has 58 valence electrons. The molecule has 11 heavy (non-hydrogen) atoms. The van der Waals surface area contributed by atoms with E-state index in [1.54, 1.807) is 18.2 Å². The molecule has 0 saturated heterocycles. The van der Waals surface area contributed by atoms with E-state index in [2.05, 4.69) is 4.98 Å². The molecule has 0 bridgehead atoms. The molecule has 0 aliphatic heterocycles. The summed E-state index contributed by atoms with van der Waals surface area (Å²) in [5.74, 6) is -0.463. The average Bonchev–Trinajstić information content (AvgIpc) is 2.04. The van der Waals surface area contributed by atoms with Crippen molar-refractivity contribution < 1.29 is 4.39 Å². The lowest BCUT2D eigenvalue weighted by Crippen LogP contribution is -1.92. The van der Waals surface area contributed by atoms with E-state index in [-0.39, 0.29) is 0 Å². The molecule has 1 aromatic rings. The van der Waals surface area contributed by atoms with Crippen LogP contribution < -0.4 is 5.73 Å². The fraction of sp³-hybridized carbons (Fsp3) is 0.125. The van der Waals surface area contributed by atoms with Crippen LogP contribution >= 0.6 is 0 Å². The van der Waals surface area contributed by atoms with E-state index in [1.165, 1.54) is 12.3 Å². The van der Waals surface area contributed by atoms with E-state index < -0.39 is 5.95 Å². The highest BCUT2D eigenvalue weighted by atomic mass is 19.1. The third kappa shape index (κ3) is 2.47. The van der Waals surface area contributed by atoms with Crippen LogP contribution in [0.3, 0.4) is 0 Å². The Morgan fingerprint density at radius 1 is 1.55 bits per heavy atom. The van der Waals surface area contributed by atoms with Crippen molar-refractivity contribution in [3.05, 3.63) is 35.9 Å². The Morgan fingerprint density at radius 3 is 2.91 bits per heavy atom. The van der Waals surface area contributed by atoms with E-state index in [9.17, 15) is 4.39 Å². The fourth-order valence-corrected chi connectivity index (χ4v) is 0.690. The topological polar surface area (TPSA) is 38.9 Å². The van der Waals surface area contributed by atoms with Crippen molar-refractivity contribution in [1.29, 1.82) is 0 Å². The summed E-state index contributed by atoms with van der Waals surface area (Å²) in [5.41, 5.74) is 6.08. The number of hydrogen-bond acceptors (Lipinski definition) is 2. The highest BCUT2D eigenvalue weighted by Gasteiger charge is 1.88. The maximum Gasteiger partial charge on any atom is 0.212 e. The Kier molecular flexibility index (Phi) is 2.74. The van der Waals surface area contributed by atoms with E-state index in [1.807, 2.05) is 0 Å². The van der Waals surface area contributed by atoms with Crippen LogP contribution in [0.5, 0.6) is 0 Å². The van der Waals surface area contributed by atoms with Crippen molar-refractivity contribution in [2.75, 3.05) is 6.54 Å². The SMILES string of the molecule is NCC=Cc1ccc(F)nc1. The molecule has 0 unspecified atom stereocenters. The molecule has 0 aromatic carbocycles. The van der Waals surface area contributed by atoms with Gasteiger partial charge in [-0.1, -0.05) is 12.2 Å². The molecule has 2 nitrogen and oxygen atoms in total. The molecule has 0 amide bonds. The second-order valence-corrected chi connectivity index (χ2v) is 2.05. The lowest BCUT2D eigenvalue weighted by molar-refractivity contribution is 0.583. The number of pyridine rings is 1. The average molecular weight is 152 g/mol. The van der Waals surface area contributed by atoms with Crippen molar-refractivity contribution in [2.45, 2.75) is 0 Å². The molecule has 1 heterocycles. The van der Waals surface area contributed by atoms with Gasteiger partial charge in [-0.15, -0.1) is 0 Å². The third-order valence-corrected chi connectivity index (χ3v) is 1.20. The zero-order chi connectivity index (χ0) is 8.10. The van der Waals surface area contributed by atoms with Gasteiger partial charge in [0.2, 0.25) is 5.95 Å². The summed E-state index contributed by atoms with van der Waals surface area (Å²) in [6.45, 7) is 0.484. The summed E-state index contributed by atoms with van der Waals surface area (Å²) in [7, 11) is 0. The Balaban J connectivity index is 2.73. The van der Waals surface area contributed by atoms with Crippen molar-refractivity contribution >= 4 is 6.08 Å². The Labute approximate surface area is 64.6 Å². The molecular weight excluding hydrogens is 143 g/mol. The minimum atomic E-state index is -0.463. The van der Waals surface area contributed by atoms with Crippen molar-refractivity contribution in [3.63, 3.8) is 0 Å². The first-order valence-electron chi connectivity index (χ1n) is 3.31. The number of nitrogens with zero attached hydrogens (tertiary/aromatic N) is 1. The standard InChI is InChI=1S/C8H9FN2/c9-8-4-3-7(6-11-8)2-1-5-10/h1-4,6H,5,10H2. The van der Waals surface area contributed by atoms with Gasteiger partial charge in [-0.25, -0.2) is 4.98 Å². The molecule has 2 N–H and O–H groups in total. The van der Waals surface area contributed by atoms with Gasteiger partial charge in [0.25, 0.3) is 0 Å². The Bertz CT molecular complexity index is 241. The number of halogens is 1. The third-order valence-electron chi connectivity index (χ3n) is 1.20. The van der Waals surface area contributed by atoms with Gasteiger partial charge >= 0.3 is 0 Å². The Morgan fingerprint density at radius 2 is 2.36 bits per heavy atom. The lowest BCUT2D eigenvalue weighted by atomic mass is 10.2. The van der Waals surface area contributed by atoms with Gasteiger partial charge in [-0.2, -0.15) is 4.39 Å². The second-order valence-electron chi connectivity index (χ2n) is 2.05. The molecule has 0 aliphatic carbocycles. The van der Waals surface area contributed by atoms with Crippen molar-refractivity contribution in [2.24, 2.45) is 5.73 Å². The van der Waals surface area contributed by atoms with Crippen LogP contribution in [0.25, 0.3) is 6.08 Å². The predicted molar refractivity (Wildman–Crippen MR) is 42.3 cm³/mol. The minimum absolute atomic E-state index is 0.463. The van der Waals surface area contributed by atoms with Gasteiger partial charge in [-0.3, -0.25) is 0 Å². The van der Waals surface area contributed by atoms with Crippen LogP contribution in [0.4, 0.5) is 4.39 Å². The van der Waals surface area contributed by atoms with Crippen LogP contribution in [-0.4, -0.2) is 11.5 Å². The fourth-order valence-electron chi connectivity index (χ4n) is 0.690. The quantitative estimate of drug-likeness (QED) is 0.646. The summed E-state index contributed by atoms with van der Waals surface area (Å²) >= 11 is 0. The largest absolute Gasteiger partial charge is 0.327 e. The van der Waals surface area contributed by atoms with Gasteiger partial charge < -0.3 is 5.73 Å². The predicted octanol–water partition coefficient (Wildman–Crippen LogP) is 1.19. The van der Waals surface area contributed by atoms with E-state index in [0.29, 0.717) is 6.54 Å². The number of nitrogens with two attached hydrogens (primary N) is 1. The monoisotopic (exact) mass is 152 g/mol. The highest BCUT2D eigenvalue weighted by Crippen LogP contribution is 2.00. The maximum atomic E-state index is 12.2. The summed E-state index contributed by atoms with van der Waals surface area (Å²) < 4.78 is 12.2. The maximum absolute atomic E-state index is 12.2.